The molecule has 20 heavy (non-hydrogen) atoms. The van der Waals surface area contributed by atoms with Gasteiger partial charge in [-0.2, -0.15) is 0 Å². The van der Waals surface area contributed by atoms with Crippen LogP contribution in [0, 0.1) is 6.92 Å². The lowest BCUT2D eigenvalue weighted by Gasteiger charge is -2.15. The maximum absolute atomic E-state index is 6.03. The largest absolute Gasteiger partial charge is 0.378 e. The zero-order chi connectivity index (χ0) is 14.1. The lowest BCUT2D eigenvalue weighted by molar-refractivity contribution is 0.900. The van der Waals surface area contributed by atoms with E-state index in [4.69, 9.17) is 11.6 Å². The fraction of sp³-hybridized carbons (Fsp3) is 0.176. The molecular weight excluding hydrogens is 286 g/mol. The average Bonchev–Trinajstić information content (AvgIpc) is 2.77. The maximum Gasteiger partial charge on any atom is 0.0581 e. The van der Waals surface area contributed by atoms with Crippen LogP contribution in [0.25, 0.3) is 10.1 Å². The summed E-state index contributed by atoms with van der Waals surface area (Å²) in [4.78, 5) is 1.38. The van der Waals surface area contributed by atoms with Crippen LogP contribution in [0.15, 0.2) is 48.5 Å². The van der Waals surface area contributed by atoms with E-state index in [-0.39, 0.29) is 6.04 Å². The molecule has 0 spiro atoms. The van der Waals surface area contributed by atoms with E-state index in [1.54, 1.807) is 0 Å². The van der Waals surface area contributed by atoms with Crippen LogP contribution in [0.1, 0.15) is 23.4 Å². The molecule has 2 aromatic carbocycles. The number of fused-ring (bicyclic) bond motifs is 1. The summed E-state index contributed by atoms with van der Waals surface area (Å²) in [6, 6.07) is 16.7. The van der Waals surface area contributed by atoms with E-state index in [1.807, 2.05) is 35.6 Å². The highest BCUT2D eigenvalue weighted by atomic mass is 35.5. The third-order valence-corrected chi connectivity index (χ3v) is 5.17. The lowest BCUT2D eigenvalue weighted by Crippen LogP contribution is -2.05. The predicted molar refractivity (Wildman–Crippen MR) is 90.1 cm³/mol. The minimum absolute atomic E-state index is 0.269. The SMILES string of the molecule is Cc1c(C(C)Nc2cccc(Cl)c2)sc2ccccc12. The lowest BCUT2D eigenvalue weighted by atomic mass is 10.1. The Bertz CT molecular complexity index is 748. The molecule has 3 rings (SSSR count). The fourth-order valence-corrected chi connectivity index (χ4v) is 3.90. The Kier molecular flexibility index (Phi) is 3.68. The minimum atomic E-state index is 0.269. The van der Waals surface area contributed by atoms with Crippen molar-refractivity contribution >= 4 is 38.7 Å². The molecular formula is C17H16ClNS. The van der Waals surface area contributed by atoms with Gasteiger partial charge in [0.15, 0.2) is 0 Å². The molecule has 1 heterocycles. The molecule has 0 radical (unpaired) electrons. The van der Waals surface area contributed by atoms with E-state index in [9.17, 15) is 0 Å². The van der Waals surface area contributed by atoms with Crippen molar-refractivity contribution in [3.8, 4) is 0 Å². The highest BCUT2D eigenvalue weighted by Crippen LogP contribution is 2.35. The quantitative estimate of drug-likeness (QED) is 0.622. The monoisotopic (exact) mass is 301 g/mol. The number of aryl methyl sites for hydroxylation is 1. The molecule has 1 unspecified atom stereocenters. The van der Waals surface area contributed by atoms with Crippen molar-refractivity contribution in [1.82, 2.24) is 0 Å². The molecule has 1 nitrogen and oxygen atoms in total. The van der Waals surface area contributed by atoms with Gasteiger partial charge in [-0.25, -0.2) is 0 Å². The molecule has 0 aliphatic carbocycles. The second kappa shape index (κ2) is 5.47. The first-order valence-corrected chi connectivity index (χ1v) is 7.85. The summed E-state index contributed by atoms with van der Waals surface area (Å²) in [7, 11) is 0. The van der Waals surface area contributed by atoms with E-state index in [0.29, 0.717) is 0 Å². The maximum atomic E-state index is 6.03. The van der Waals surface area contributed by atoms with Crippen molar-refractivity contribution in [3.05, 3.63) is 64.0 Å². The Balaban J connectivity index is 1.92. The summed E-state index contributed by atoms with van der Waals surface area (Å²) in [5, 5.41) is 5.64. The van der Waals surface area contributed by atoms with Gasteiger partial charge in [-0.1, -0.05) is 35.9 Å². The van der Waals surface area contributed by atoms with Gasteiger partial charge in [0.05, 0.1) is 6.04 Å². The Morgan fingerprint density at radius 3 is 2.65 bits per heavy atom. The number of hydrogen-bond donors (Lipinski definition) is 1. The third kappa shape index (κ3) is 2.54. The number of rotatable bonds is 3. The molecule has 0 aliphatic rings. The van der Waals surface area contributed by atoms with Crippen molar-refractivity contribution < 1.29 is 0 Å². The van der Waals surface area contributed by atoms with Crippen LogP contribution in [-0.2, 0) is 0 Å². The average molecular weight is 302 g/mol. The van der Waals surface area contributed by atoms with Crippen LogP contribution in [0.5, 0.6) is 0 Å². The molecule has 0 fully saturated rings. The van der Waals surface area contributed by atoms with Gasteiger partial charge in [0.2, 0.25) is 0 Å². The second-order valence-corrected chi connectivity index (χ2v) is 6.48. The number of halogens is 1. The zero-order valence-corrected chi connectivity index (χ0v) is 13.1. The van der Waals surface area contributed by atoms with Gasteiger partial charge >= 0.3 is 0 Å². The van der Waals surface area contributed by atoms with Gasteiger partial charge < -0.3 is 5.32 Å². The summed E-state index contributed by atoms with van der Waals surface area (Å²) in [5.41, 5.74) is 2.43. The van der Waals surface area contributed by atoms with Gasteiger partial charge in [-0.15, -0.1) is 11.3 Å². The van der Waals surface area contributed by atoms with Gasteiger partial charge in [0, 0.05) is 20.3 Å². The molecule has 0 saturated heterocycles. The standard InChI is InChI=1S/C17H16ClNS/c1-11-15-8-3-4-9-16(15)20-17(11)12(2)19-14-7-5-6-13(18)10-14/h3-10,12,19H,1-2H3. The van der Waals surface area contributed by atoms with Crippen LogP contribution in [-0.4, -0.2) is 0 Å². The molecule has 1 N–H and O–H groups in total. The van der Waals surface area contributed by atoms with E-state index in [2.05, 4.69) is 43.4 Å². The Morgan fingerprint density at radius 2 is 1.90 bits per heavy atom. The highest BCUT2D eigenvalue weighted by molar-refractivity contribution is 7.19. The molecule has 0 amide bonds. The van der Waals surface area contributed by atoms with Crippen molar-refractivity contribution in [2.24, 2.45) is 0 Å². The van der Waals surface area contributed by atoms with E-state index in [0.717, 1.165) is 10.7 Å². The van der Waals surface area contributed by atoms with Gasteiger partial charge in [0.25, 0.3) is 0 Å². The van der Waals surface area contributed by atoms with Crippen molar-refractivity contribution in [1.29, 1.82) is 0 Å². The summed E-state index contributed by atoms with van der Waals surface area (Å²) >= 11 is 7.89. The van der Waals surface area contributed by atoms with Gasteiger partial charge in [0.1, 0.15) is 0 Å². The van der Waals surface area contributed by atoms with E-state index < -0.39 is 0 Å². The Labute approximate surface area is 128 Å². The summed E-state index contributed by atoms with van der Waals surface area (Å²) < 4.78 is 1.35. The van der Waals surface area contributed by atoms with Crippen molar-refractivity contribution in [2.75, 3.05) is 5.32 Å². The van der Waals surface area contributed by atoms with Crippen LogP contribution in [0.4, 0.5) is 5.69 Å². The first-order valence-electron chi connectivity index (χ1n) is 6.65. The number of benzene rings is 2. The van der Waals surface area contributed by atoms with E-state index in [1.165, 1.54) is 20.5 Å². The van der Waals surface area contributed by atoms with Crippen molar-refractivity contribution in [2.45, 2.75) is 19.9 Å². The van der Waals surface area contributed by atoms with Crippen LogP contribution < -0.4 is 5.32 Å². The molecule has 0 saturated carbocycles. The number of thiophene rings is 1. The first kappa shape index (κ1) is 13.5. The smallest absolute Gasteiger partial charge is 0.0581 e. The summed E-state index contributed by atoms with van der Waals surface area (Å²) in [6.07, 6.45) is 0. The van der Waals surface area contributed by atoms with Crippen LogP contribution in [0.2, 0.25) is 5.02 Å². The van der Waals surface area contributed by atoms with Gasteiger partial charge in [-0.3, -0.25) is 0 Å². The molecule has 1 atom stereocenters. The molecule has 3 heteroatoms. The molecule has 3 aromatic rings. The summed E-state index contributed by atoms with van der Waals surface area (Å²) in [5.74, 6) is 0. The van der Waals surface area contributed by atoms with E-state index >= 15 is 0 Å². The van der Waals surface area contributed by atoms with Gasteiger partial charge in [-0.05, 0) is 49.1 Å². The number of nitrogens with one attached hydrogen (secondary N) is 1. The first-order chi connectivity index (χ1) is 9.65. The summed E-state index contributed by atoms with van der Waals surface area (Å²) in [6.45, 7) is 4.39. The number of anilines is 1. The third-order valence-electron chi connectivity index (χ3n) is 3.48. The topological polar surface area (TPSA) is 12.0 Å². The van der Waals surface area contributed by atoms with Crippen LogP contribution >= 0.6 is 22.9 Å². The van der Waals surface area contributed by atoms with Crippen molar-refractivity contribution in [3.63, 3.8) is 0 Å². The second-order valence-electron chi connectivity index (χ2n) is 4.96. The predicted octanol–water partition coefficient (Wildman–Crippen LogP) is 6.04. The Hall–Kier alpha value is -1.51. The zero-order valence-electron chi connectivity index (χ0n) is 11.5. The molecule has 102 valence electrons. The Morgan fingerprint density at radius 1 is 1.10 bits per heavy atom. The molecule has 1 aromatic heterocycles. The minimum Gasteiger partial charge on any atom is -0.378 e. The fourth-order valence-electron chi connectivity index (χ4n) is 2.50. The molecule has 0 aliphatic heterocycles. The molecule has 0 bridgehead atoms. The normalized spacial score (nSPS) is 12.6. The number of hydrogen-bond acceptors (Lipinski definition) is 2. The highest BCUT2D eigenvalue weighted by Gasteiger charge is 2.14. The van der Waals surface area contributed by atoms with Crippen LogP contribution in [0.3, 0.4) is 0 Å².